The van der Waals surface area contributed by atoms with Gasteiger partial charge in [-0.1, -0.05) is 30.3 Å². The summed E-state index contributed by atoms with van der Waals surface area (Å²) in [5.74, 6) is 0.326. The molecule has 0 bridgehead atoms. The zero-order valence-electron chi connectivity index (χ0n) is 20.2. The first-order valence-corrected chi connectivity index (χ1v) is 13.2. The van der Waals surface area contributed by atoms with Gasteiger partial charge in [0.05, 0.1) is 12.2 Å². The molecule has 4 heterocycles. The number of thiazole rings is 1. The summed E-state index contributed by atoms with van der Waals surface area (Å²) in [5, 5.41) is 20.2. The number of carbonyl (C=O) groups excluding carboxylic acids is 1. The molecular formula is C27H26N8OS. The fourth-order valence-corrected chi connectivity index (χ4v) is 5.45. The Kier molecular flexibility index (Phi) is 6.47. The number of rotatable bonds is 7. The van der Waals surface area contributed by atoms with Crippen molar-refractivity contribution in [3.05, 3.63) is 83.6 Å². The number of anilines is 2. The second-order valence-corrected chi connectivity index (χ2v) is 9.88. The molecule has 2 N–H and O–H groups in total. The molecule has 3 aromatic heterocycles. The number of hydrogen-bond donors (Lipinski definition) is 2. The minimum absolute atomic E-state index is 0.180. The van der Waals surface area contributed by atoms with Gasteiger partial charge in [-0.15, -0.1) is 21.5 Å². The molecule has 0 saturated carbocycles. The number of piperidine rings is 1. The molecule has 0 radical (unpaired) electrons. The Morgan fingerprint density at radius 1 is 0.973 bits per heavy atom. The van der Waals surface area contributed by atoms with Crippen LogP contribution in [0.5, 0.6) is 0 Å². The number of tetrazole rings is 1. The van der Waals surface area contributed by atoms with Gasteiger partial charge in [-0.2, -0.15) is 5.21 Å². The van der Waals surface area contributed by atoms with E-state index in [4.69, 9.17) is 4.98 Å². The highest BCUT2D eigenvalue weighted by Gasteiger charge is 2.18. The summed E-state index contributed by atoms with van der Waals surface area (Å²) >= 11 is 1.68. The number of hydrogen-bond acceptors (Lipinski definition) is 7. The van der Waals surface area contributed by atoms with E-state index < -0.39 is 0 Å². The molecule has 1 aliphatic heterocycles. The van der Waals surface area contributed by atoms with Gasteiger partial charge in [-0.25, -0.2) is 4.98 Å². The normalized spacial score (nSPS) is 13.6. The van der Waals surface area contributed by atoms with Crippen molar-refractivity contribution in [2.75, 3.05) is 23.3 Å². The minimum atomic E-state index is -0.180. The predicted molar refractivity (Wildman–Crippen MR) is 145 cm³/mol. The highest BCUT2D eigenvalue weighted by atomic mass is 32.1. The number of benzene rings is 2. The Morgan fingerprint density at radius 3 is 2.54 bits per heavy atom. The van der Waals surface area contributed by atoms with Crippen molar-refractivity contribution in [3.8, 4) is 22.5 Å². The lowest BCUT2D eigenvalue weighted by molar-refractivity contribution is 0.101. The molecule has 1 aliphatic rings. The van der Waals surface area contributed by atoms with Crippen LogP contribution >= 0.6 is 11.3 Å². The number of nitrogens with one attached hydrogen (secondary N) is 2. The Labute approximate surface area is 218 Å². The molecule has 1 amide bonds. The molecule has 37 heavy (non-hydrogen) atoms. The largest absolute Gasteiger partial charge is 0.348 e. The van der Waals surface area contributed by atoms with Gasteiger partial charge in [0.1, 0.15) is 5.69 Å². The van der Waals surface area contributed by atoms with Gasteiger partial charge in [0.15, 0.2) is 5.13 Å². The fourth-order valence-electron chi connectivity index (χ4n) is 4.58. The summed E-state index contributed by atoms with van der Waals surface area (Å²) in [6.07, 6.45) is 5.75. The Balaban J connectivity index is 1.25. The van der Waals surface area contributed by atoms with Gasteiger partial charge in [-0.05, 0) is 60.4 Å². The number of aromatic nitrogens is 6. The number of carbonyl (C=O) groups is 1. The van der Waals surface area contributed by atoms with Crippen LogP contribution < -0.4 is 10.2 Å². The lowest BCUT2D eigenvalue weighted by Crippen LogP contribution is -2.29. The molecule has 10 heteroatoms. The maximum Gasteiger partial charge on any atom is 0.272 e. The van der Waals surface area contributed by atoms with Gasteiger partial charge in [-0.3, -0.25) is 4.79 Å². The van der Waals surface area contributed by atoms with Crippen LogP contribution in [0.4, 0.5) is 10.8 Å². The summed E-state index contributed by atoms with van der Waals surface area (Å²) in [4.78, 5) is 20.7. The SMILES string of the molecule is O=C(Nc1ccc(-c2nn[nH]n2)cc1)c1cc(-c2ccccc2)cn1Cc1csc(N2CCCCC2)n1. The summed E-state index contributed by atoms with van der Waals surface area (Å²) in [6, 6.07) is 19.4. The van der Waals surface area contributed by atoms with Crippen molar-refractivity contribution in [2.45, 2.75) is 25.8 Å². The Morgan fingerprint density at radius 2 is 1.78 bits per heavy atom. The molecule has 0 atom stereocenters. The van der Waals surface area contributed by atoms with Crippen molar-refractivity contribution in [1.29, 1.82) is 0 Å². The zero-order valence-corrected chi connectivity index (χ0v) is 21.0. The topological polar surface area (TPSA) is 105 Å². The van der Waals surface area contributed by atoms with E-state index in [9.17, 15) is 4.79 Å². The molecule has 6 rings (SSSR count). The smallest absolute Gasteiger partial charge is 0.272 e. The molecule has 0 aliphatic carbocycles. The van der Waals surface area contributed by atoms with Gasteiger partial charge >= 0.3 is 0 Å². The second-order valence-electron chi connectivity index (χ2n) is 9.04. The van der Waals surface area contributed by atoms with Crippen LogP contribution in [0.15, 0.2) is 72.2 Å². The first-order chi connectivity index (χ1) is 18.2. The van der Waals surface area contributed by atoms with Gasteiger partial charge in [0, 0.05) is 41.5 Å². The molecule has 186 valence electrons. The summed E-state index contributed by atoms with van der Waals surface area (Å²) in [7, 11) is 0. The molecular weight excluding hydrogens is 484 g/mol. The van der Waals surface area contributed by atoms with Crippen molar-refractivity contribution >= 4 is 28.1 Å². The van der Waals surface area contributed by atoms with Crippen LogP contribution in [0.1, 0.15) is 35.4 Å². The van der Waals surface area contributed by atoms with E-state index in [-0.39, 0.29) is 5.91 Å². The van der Waals surface area contributed by atoms with Crippen LogP contribution in [0.2, 0.25) is 0 Å². The Hall–Kier alpha value is -4.31. The van der Waals surface area contributed by atoms with Crippen LogP contribution in [0.3, 0.4) is 0 Å². The van der Waals surface area contributed by atoms with Crippen molar-refractivity contribution in [2.24, 2.45) is 0 Å². The average Bonchev–Trinajstić information content (AvgIpc) is 3.72. The van der Waals surface area contributed by atoms with Crippen LogP contribution in [-0.4, -0.2) is 49.2 Å². The molecule has 1 fully saturated rings. The third-order valence-corrected chi connectivity index (χ3v) is 7.43. The zero-order chi connectivity index (χ0) is 25.0. The van der Waals surface area contributed by atoms with Gasteiger partial charge in [0.25, 0.3) is 5.91 Å². The van der Waals surface area contributed by atoms with Gasteiger partial charge in [0.2, 0.25) is 5.82 Å². The number of H-pyrrole nitrogens is 1. The molecule has 0 spiro atoms. The van der Waals surface area contributed by atoms with E-state index in [2.05, 4.69) is 48.4 Å². The summed E-state index contributed by atoms with van der Waals surface area (Å²) in [5.41, 5.74) is 5.09. The maximum absolute atomic E-state index is 13.4. The van der Waals surface area contributed by atoms with Crippen LogP contribution in [-0.2, 0) is 6.54 Å². The van der Waals surface area contributed by atoms with Crippen molar-refractivity contribution in [1.82, 2.24) is 30.2 Å². The van der Waals surface area contributed by atoms with Crippen LogP contribution in [0, 0.1) is 0 Å². The van der Waals surface area contributed by atoms with E-state index in [0.29, 0.717) is 23.8 Å². The molecule has 9 nitrogen and oxygen atoms in total. The third-order valence-electron chi connectivity index (χ3n) is 6.48. The molecule has 1 saturated heterocycles. The average molecular weight is 511 g/mol. The predicted octanol–water partition coefficient (Wildman–Crippen LogP) is 5.08. The van der Waals surface area contributed by atoms with E-state index in [0.717, 1.165) is 40.6 Å². The highest BCUT2D eigenvalue weighted by Crippen LogP contribution is 2.27. The molecule has 5 aromatic rings. The first kappa shape index (κ1) is 23.1. The van der Waals surface area contributed by atoms with Gasteiger partial charge < -0.3 is 14.8 Å². The number of amides is 1. The highest BCUT2D eigenvalue weighted by molar-refractivity contribution is 7.13. The molecule has 2 aromatic carbocycles. The van der Waals surface area contributed by atoms with Crippen molar-refractivity contribution < 1.29 is 4.79 Å². The van der Waals surface area contributed by atoms with Crippen molar-refractivity contribution in [3.63, 3.8) is 0 Å². The third kappa shape index (κ3) is 5.14. The monoisotopic (exact) mass is 510 g/mol. The van der Waals surface area contributed by atoms with E-state index >= 15 is 0 Å². The lowest BCUT2D eigenvalue weighted by Gasteiger charge is -2.25. The van der Waals surface area contributed by atoms with E-state index in [1.807, 2.05) is 59.3 Å². The molecule has 0 unspecified atom stereocenters. The van der Waals surface area contributed by atoms with E-state index in [1.54, 1.807) is 11.3 Å². The van der Waals surface area contributed by atoms with Crippen LogP contribution in [0.25, 0.3) is 22.5 Å². The number of aromatic amines is 1. The first-order valence-electron chi connectivity index (χ1n) is 12.3. The summed E-state index contributed by atoms with van der Waals surface area (Å²) < 4.78 is 1.99. The summed E-state index contributed by atoms with van der Waals surface area (Å²) in [6.45, 7) is 2.65. The standard InChI is InChI=1S/C27H26N8OS/c36-26(28-22-11-9-20(10-12-22)25-30-32-33-31-25)24-15-21(19-7-3-1-4-8-19)16-35(24)17-23-18-37-27(29-23)34-13-5-2-6-14-34/h1,3-4,7-12,15-16,18H,2,5-6,13-14,17H2,(H,28,36)(H,30,31,32,33). The Bertz CT molecular complexity index is 1470. The van der Waals surface area contributed by atoms with E-state index in [1.165, 1.54) is 19.3 Å². The fraction of sp³-hybridized carbons (Fsp3) is 0.222. The lowest BCUT2D eigenvalue weighted by atomic mass is 10.1. The maximum atomic E-state index is 13.4. The number of nitrogens with zero attached hydrogens (tertiary/aromatic N) is 6. The minimum Gasteiger partial charge on any atom is -0.348 e. The quantitative estimate of drug-likeness (QED) is 0.316. The second kappa shape index (κ2) is 10.4.